The van der Waals surface area contributed by atoms with Crippen LogP contribution in [0.25, 0.3) is 32.7 Å². The molecule has 43 heavy (non-hydrogen) atoms. The van der Waals surface area contributed by atoms with Crippen molar-refractivity contribution < 1.29 is 0 Å². The maximum atomic E-state index is 2.77. The molecule has 0 fully saturated rings. The van der Waals surface area contributed by atoms with Crippen molar-refractivity contribution in [1.29, 1.82) is 0 Å². The maximum Gasteiger partial charge on any atom is 0.0443 e. The van der Waals surface area contributed by atoms with Crippen molar-refractivity contribution in [3.05, 3.63) is 106 Å². The van der Waals surface area contributed by atoms with Crippen LogP contribution in [0.1, 0.15) is 115 Å². The van der Waals surface area contributed by atoms with Crippen molar-refractivity contribution in [3.8, 4) is 11.1 Å². The van der Waals surface area contributed by atoms with Gasteiger partial charge in [-0.05, 0) is 128 Å². The molecule has 0 saturated heterocycles. The molecule has 0 nitrogen and oxygen atoms in total. The second kappa shape index (κ2) is 10.2. The van der Waals surface area contributed by atoms with E-state index in [1.54, 1.807) is 33.4 Å². The van der Waals surface area contributed by atoms with Gasteiger partial charge in [0.05, 0.1) is 0 Å². The second-order valence-corrected chi connectivity index (χ2v) is 14.9. The van der Waals surface area contributed by atoms with Crippen LogP contribution < -0.4 is 0 Å². The molecule has 0 N–H and O–H groups in total. The van der Waals surface area contributed by atoms with Gasteiger partial charge in [-0.3, -0.25) is 0 Å². The van der Waals surface area contributed by atoms with Gasteiger partial charge in [0, 0.05) is 10.8 Å². The number of benzene rings is 4. The highest BCUT2D eigenvalue weighted by Crippen LogP contribution is 2.64. The Labute approximate surface area is 260 Å². The molecule has 4 aromatic rings. The first-order valence-corrected chi connectivity index (χ1v) is 17.3. The Hall–Kier alpha value is -3.12. The van der Waals surface area contributed by atoms with Crippen molar-refractivity contribution in [2.75, 3.05) is 0 Å². The largest absolute Gasteiger partial charge is 0.0657 e. The minimum absolute atomic E-state index is 0.0683. The molecule has 0 aromatic heterocycles. The average molecular weight is 567 g/mol. The Kier molecular flexibility index (Phi) is 6.81. The lowest BCUT2D eigenvalue weighted by Crippen LogP contribution is -2.29. The Morgan fingerprint density at radius 3 is 2.14 bits per heavy atom. The van der Waals surface area contributed by atoms with Crippen molar-refractivity contribution in [3.63, 3.8) is 0 Å². The standard InChI is InChI=1S/C43H50/c1-9-28(10-2)32-22-33(29(11-3)12-4)25-43(24-32)35-18-17-31-20-27(19-26(5)6)21-36-38(31)39(35)40-37(42(36,7)8)23-30-15-13-14-16-34(30)41(40)43/h13-18,20-24,26,28-29H,9-12,19,25H2,1-8H3. The molecule has 0 heterocycles. The molecule has 1 atom stereocenters. The van der Waals surface area contributed by atoms with Gasteiger partial charge in [-0.1, -0.05) is 122 Å². The Morgan fingerprint density at radius 2 is 1.44 bits per heavy atom. The van der Waals surface area contributed by atoms with Crippen molar-refractivity contribution in [2.45, 2.75) is 105 Å². The number of fused-ring (bicyclic) bond motifs is 4. The van der Waals surface area contributed by atoms with Gasteiger partial charge in [0.2, 0.25) is 0 Å². The molecule has 1 spiro atoms. The fraction of sp³-hybridized carbons (Fsp3) is 0.442. The van der Waals surface area contributed by atoms with E-state index >= 15 is 0 Å². The van der Waals surface area contributed by atoms with E-state index in [0.29, 0.717) is 17.8 Å². The van der Waals surface area contributed by atoms with Gasteiger partial charge in [0.25, 0.3) is 0 Å². The summed E-state index contributed by atoms with van der Waals surface area (Å²) in [5.41, 5.74) is 13.8. The molecular formula is C43H50. The maximum absolute atomic E-state index is 2.77. The number of hydrogen-bond acceptors (Lipinski definition) is 0. The lowest BCUT2D eigenvalue weighted by molar-refractivity contribution is 0.491. The molecule has 0 saturated carbocycles. The lowest BCUT2D eigenvalue weighted by atomic mass is 9.64. The average Bonchev–Trinajstić information content (AvgIpc) is 3.26. The molecule has 3 aliphatic carbocycles. The fourth-order valence-electron chi connectivity index (χ4n) is 9.45. The van der Waals surface area contributed by atoms with E-state index in [0.717, 1.165) is 12.8 Å². The molecule has 0 bridgehead atoms. The second-order valence-electron chi connectivity index (χ2n) is 14.9. The molecule has 0 heteroatoms. The molecule has 0 amide bonds. The molecule has 1 unspecified atom stereocenters. The molecule has 7 rings (SSSR count). The van der Waals surface area contributed by atoms with Crippen LogP contribution in [0.2, 0.25) is 0 Å². The smallest absolute Gasteiger partial charge is 0.0443 e. The molecule has 3 aliphatic rings. The zero-order valence-electron chi connectivity index (χ0n) is 27.8. The molecular weight excluding hydrogens is 516 g/mol. The molecule has 0 radical (unpaired) electrons. The third kappa shape index (κ3) is 4.01. The van der Waals surface area contributed by atoms with Crippen LogP contribution in [0, 0.1) is 17.8 Å². The first-order valence-electron chi connectivity index (χ1n) is 17.3. The molecule has 222 valence electrons. The highest BCUT2D eigenvalue weighted by atomic mass is 14.5. The summed E-state index contributed by atoms with van der Waals surface area (Å²) >= 11 is 0. The summed E-state index contributed by atoms with van der Waals surface area (Å²) in [6, 6.07) is 22.0. The molecule has 0 aliphatic heterocycles. The van der Waals surface area contributed by atoms with Gasteiger partial charge in [-0.2, -0.15) is 0 Å². The minimum Gasteiger partial charge on any atom is -0.0657 e. The van der Waals surface area contributed by atoms with Crippen LogP contribution in [-0.4, -0.2) is 0 Å². The van der Waals surface area contributed by atoms with E-state index in [1.165, 1.54) is 63.9 Å². The van der Waals surface area contributed by atoms with Crippen LogP contribution in [0.5, 0.6) is 0 Å². The first-order chi connectivity index (χ1) is 20.7. The summed E-state index contributed by atoms with van der Waals surface area (Å²) in [7, 11) is 0. The van der Waals surface area contributed by atoms with Crippen LogP contribution >= 0.6 is 0 Å². The summed E-state index contributed by atoms with van der Waals surface area (Å²) in [5, 5.41) is 5.79. The summed E-state index contributed by atoms with van der Waals surface area (Å²) < 4.78 is 0. The zero-order valence-corrected chi connectivity index (χ0v) is 27.8. The van der Waals surface area contributed by atoms with Gasteiger partial charge < -0.3 is 0 Å². The van der Waals surface area contributed by atoms with E-state index in [4.69, 9.17) is 0 Å². The minimum atomic E-state index is -0.132. The summed E-state index contributed by atoms with van der Waals surface area (Å²) in [6.07, 6.45) is 12.5. The van der Waals surface area contributed by atoms with Crippen LogP contribution in [0.15, 0.2) is 77.9 Å². The normalized spacial score (nSPS) is 19.8. The zero-order chi connectivity index (χ0) is 30.3. The summed E-state index contributed by atoms with van der Waals surface area (Å²) in [5.74, 6) is 1.87. The highest BCUT2D eigenvalue weighted by Gasteiger charge is 2.50. The van der Waals surface area contributed by atoms with Gasteiger partial charge >= 0.3 is 0 Å². The van der Waals surface area contributed by atoms with E-state index in [9.17, 15) is 0 Å². The Balaban J connectivity index is 1.65. The van der Waals surface area contributed by atoms with Crippen molar-refractivity contribution in [2.24, 2.45) is 17.8 Å². The topological polar surface area (TPSA) is 0 Å². The summed E-state index contributed by atoms with van der Waals surface area (Å²) in [4.78, 5) is 0. The van der Waals surface area contributed by atoms with Crippen LogP contribution in [0.4, 0.5) is 0 Å². The third-order valence-electron chi connectivity index (χ3n) is 11.6. The van der Waals surface area contributed by atoms with Crippen molar-refractivity contribution in [1.82, 2.24) is 0 Å². The summed E-state index contributed by atoms with van der Waals surface area (Å²) in [6.45, 7) is 19.2. The van der Waals surface area contributed by atoms with E-state index in [2.05, 4.69) is 122 Å². The Morgan fingerprint density at radius 1 is 0.721 bits per heavy atom. The third-order valence-corrected chi connectivity index (χ3v) is 11.6. The van der Waals surface area contributed by atoms with E-state index in [1.807, 2.05) is 0 Å². The monoisotopic (exact) mass is 566 g/mol. The van der Waals surface area contributed by atoms with Gasteiger partial charge in [-0.15, -0.1) is 0 Å². The highest BCUT2D eigenvalue weighted by molar-refractivity contribution is 6.12. The molecule has 4 aromatic carbocycles. The van der Waals surface area contributed by atoms with Crippen LogP contribution in [0.3, 0.4) is 0 Å². The number of allylic oxidation sites excluding steroid dienone is 4. The predicted molar refractivity (Wildman–Crippen MR) is 187 cm³/mol. The first kappa shape index (κ1) is 28.6. The number of hydrogen-bond donors (Lipinski definition) is 0. The predicted octanol–water partition coefficient (Wildman–Crippen LogP) is 12.2. The SMILES string of the molecule is CCC(CC)C1=CC2(CC(C(CC)CC)=C1)c1ccc3cc(CC(C)C)cc4c3c1-c1c(cc3ccccc3c12)C4(C)C. The quantitative estimate of drug-likeness (QED) is 0.199. The Bertz CT molecular complexity index is 1810. The van der Waals surface area contributed by atoms with Crippen molar-refractivity contribution >= 4 is 21.5 Å². The van der Waals surface area contributed by atoms with Gasteiger partial charge in [0.1, 0.15) is 0 Å². The van der Waals surface area contributed by atoms with E-state index < -0.39 is 0 Å². The lowest BCUT2D eigenvalue weighted by Gasteiger charge is -2.39. The van der Waals surface area contributed by atoms with E-state index in [-0.39, 0.29) is 10.8 Å². The fourth-order valence-corrected chi connectivity index (χ4v) is 9.45. The van der Waals surface area contributed by atoms with Gasteiger partial charge in [0.15, 0.2) is 0 Å². The van der Waals surface area contributed by atoms with Gasteiger partial charge in [-0.25, -0.2) is 0 Å². The van der Waals surface area contributed by atoms with Crippen LogP contribution in [-0.2, 0) is 17.3 Å². The number of rotatable bonds is 8.